The van der Waals surface area contributed by atoms with Crippen molar-refractivity contribution in [3.63, 3.8) is 0 Å². The lowest BCUT2D eigenvalue weighted by Crippen LogP contribution is -2.09. The lowest BCUT2D eigenvalue weighted by atomic mass is 9.95. The first-order chi connectivity index (χ1) is 7.26. The summed E-state index contributed by atoms with van der Waals surface area (Å²) in [7, 11) is 0. The van der Waals surface area contributed by atoms with Crippen LogP contribution >= 0.6 is 0 Å². The van der Waals surface area contributed by atoms with E-state index in [1.54, 1.807) is 12.4 Å². The predicted molar refractivity (Wildman–Crippen MR) is 61.6 cm³/mol. The third kappa shape index (κ3) is 4.24. The van der Waals surface area contributed by atoms with Crippen LogP contribution in [0.2, 0.25) is 0 Å². The second-order valence-corrected chi connectivity index (χ2v) is 3.96. The zero-order valence-corrected chi connectivity index (χ0v) is 9.57. The van der Waals surface area contributed by atoms with Gasteiger partial charge in [0.1, 0.15) is 5.78 Å². The zero-order valence-electron chi connectivity index (χ0n) is 9.57. The molecule has 0 radical (unpaired) electrons. The van der Waals surface area contributed by atoms with Gasteiger partial charge in [-0.25, -0.2) is 0 Å². The van der Waals surface area contributed by atoms with Crippen LogP contribution in [-0.2, 0) is 11.2 Å². The van der Waals surface area contributed by atoms with E-state index in [4.69, 9.17) is 0 Å². The van der Waals surface area contributed by atoms with E-state index in [2.05, 4.69) is 18.8 Å². The minimum atomic E-state index is 0.330. The molecule has 0 bridgehead atoms. The first-order valence-electron chi connectivity index (χ1n) is 5.66. The molecule has 0 N–H and O–H groups in total. The number of rotatable bonds is 6. The van der Waals surface area contributed by atoms with Crippen LogP contribution in [0.3, 0.4) is 0 Å². The van der Waals surface area contributed by atoms with Crippen LogP contribution in [0, 0.1) is 5.92 Å². The van der Waals surface area contributed by atoms with Crippen molar-refractivity contribution in [2.24, 2.45) is 5.92 Å². The predicted octanol–water partition coefficient (Wildman–Crippen LogP) is 3.02. The van der Waals surface area contributed by atoms with Gasteiger partial charge in [0.25, 0.3) is 0 Å². The second-order valence-electron chi connectivity index (χ2n) is 3.96. The Morgan fingerprint density at radius 3 is 2.67 bits per heavy atom. The van der Waals surface area contributed by atoms with E-state index in [0.29, 0.717) is 24.5 Å². The van der Waals surface area contributed by atoms with Crippen LogP contribution in [0.1, 0.15) is 38.7 Å². The third-order valence-electron chi connectivity index (χ3n) is 2.80. The molecule has 0 aliphatic rings. The number of hydrogen-bond acceptors (Lipinski definition) is 2. The molecule has 0 saturated heterocycles. The Labute approximate surface area is 91.7 Å². The maximum atomic E-state index is 11.7. The summed E-state index contributed by atoms with van der Waals surface area (Å²) in [5.41, 5.74) is 1.02. The van der Waals surface area contributed by atoms with Crippen LogP contribution in [-0.4, -0.2) is 10.8 Å². The van der Waals surface area contributed by atoms with Crippen molar-refractivity contribution in [3.8, 4) is 0 Å². The second kappa shape index (κ2) is 6.33. The molecule has 0 saturated carbocycles. The number of Topliss-reactive ketones (excluding diaryl/α,β-unsaturated/α-hetero) is 1. The number of aromatic nitrogens is 1. The topological polar surface area (TPSA) is 30.0 Å². The molecule has 1 aromatic rings. The number of hydrogen-bond donors (Lipinski definition) is 0. The lowest BCUT2D eigenvalue weighted by Gasteiger charge is -2.10. The molecule has 0 aliphatic carbocycles. The van der Waals surface area contributed by atoms with Gasteiger partial charge in [0, 0.05) is 25.2 Å². The van der Waals surface area contributed by atoms with Gasteiger partial charge < -0.3 is 0 Å². The van der Waals surface area contributed by atoms with E-state index in [0.717, 1.165) is 18.4 Å². The Morgan fingerprint density at radius 2 is 2.13 bits per heavy atom. The van der Waals surface area contributed by atoms with Gasteiger partial charge in [-0.1, -0.05) is 32.8 Å². The Bertz CT molecular complexity index is 291. The summed E-state index contributed by atoms with van der Waals surface area (Å²) >= 11 is 0. The highest BCUT2D eigenvalue weighted by Gasteiger charge is 2.10. The Hall–Kier alpha value is -1.18. The highest BCUT2D eigenvalue weighted by atomic mass is 16.1. The summed E-state index contributed by atoms with van der Waals surface area (Å²) in [5.74, 6) is 0.880. The summed E-state index contributed by atoms with van der Waals surface area (Å²) < 4.78 is 0. The first kappa shape index (κ1) is 11.9. The number of pyridine rings is 1. The van der Waals surface area contributed by atoms with Crippen LogP contribution < -0.4 is 0 Å². The molecule has 0 unspecified atom stereocenters. The summed E-state index contributed by atoms with van der Waals surface area (Å²) in [4.78, 5) is 15.7. The zero-order chi connectivity index (χ0) is 11.1. The Morgan fingerprint density at radius 1 is 1.40 bits per heavy atom. The van der Waals surface area contributed by atoms with Crippen molar-refractivity contribution in [1.82, 2.24) is 4.98 Å². The molecule has 82 valence electrons. The molecule has 1 rings (SSSR count). The molecular weight excluding hydrogens is 186 g/mol. The fourth-order valence-electron chi connectivity index (χ4n) is 1.70. The summed E-state index contributed by atoms with van der Waals surface area (Å²) in [6, 6.07) is 3.83. The molecular formula is C13H19NO. The van der Waals surface area contributed by atoms with Crippen LogP contribution in [0.25, 0.3) is 0 Å². The standard InChI is InChI=1S/C13H19NO/c1-3-11(4-2)8-13(15)9-12-6-5-7-14-10-12/h5-7,10-11H,3-4,8-9H2,1-2H3. The van der Waals surface area contributed by atoms with Gasteiger partial charge in [0.05, 0.1) is 0 Å². The smallest absolute Gasteiger partial charge is 0.137 e. The van der Waals surface area contributed by atoms with E-state index < -0.39 is 0 Å². The van der Waals surface area contributed by atoms with Crippen molar-refractivity contribution in [2.45, 2.75) is 39.5 Å². The average molecular weight is 205 g/mol. The minimum Gasteiger partial charge on any atom is -0.299 e. The normalized spacial score (nSPS) is 10.6. The van der Waals surface area contributed by atoms with E-state index in [9.17, 15) is 4.79 Å². The van der Waals surface area contributed by atoms with Gasteiger partial charge in [-0.3, -0.25) is 9.78 Å². The molecule has 0 amide bonds. The molecule has 15 heavy (non-hydrogen) atoms. The Kier molecular flexibility index (Phi) is 5.02. The molecule has 1 heterocycles. The molecule has 2 nitrogen and oxygen atoms in total. The summed E-state index contributed by atoms with van der Waals surface area (Å²) in [6.07, 6.45) is 6.93. The van der Waals surface area contributed by atoms with Crippen LogP contribution in [0.5, 0.6) is 0 Å². The largest absolute Gasteiger partial charge is 0.299 e. The SMILES string of the molecule is CCC(CC)CC(=O)Cc1cccnc1. The van der Waals surface area contributed by atoms with Crippen molar-refractivity contribution < 1.29 is 4.79 Å². The van der Waals surface area contributed by atoms with Crippen LogP contribution in [0.4, 0.5) is 0 Å². The quantitative estimate of drug-likeness (QED) is 0.714. The fraction of sp³-hybridized carbons (Fsp3) is 0.538. The highest BCUT2D eigenvalue weighted by Crippen LogP contribution is 2.14. The van der Waals surface area contributed by atoms with Crippen molar-refractivity contribution in [2.75, 3.05) is 0 Å². The third-order valence-corrected chi connectivity index (χ3v) is 2.80. The van der Waals surface area contributed by atoms with Crippen molar-refractivity contribution in [3.05, 3.63) is 30.1 Å². The van der Waals surface area contributed by atoms with Gasteiger partial charge in [0.2, 0.25) is 0 Å². The Balaban J connectivity index is 2.43. The summed E-state index contributed by atoms with van der Waals surface area (Å²) in [6.45, 7) is 4.29. The number of nitrogens with zero attached hydrogens (tertiary/aromatic N) is 1. The van der Waals surface area contributed by atoms with Crippen molar-refractivity contribution >= 4 is 5.78 Å². The van der Waals surface area contributed by atoms with Gasteiger partial charge in [-0.2, -0.15) is 0 Å². The van der Waals surface area contributed by atoms with Gasteiger partial charge in [0.15, 0.2) is 0 Å². The number of carbonyl (C=O) groups is 1. The molecule has 0 atom stereocenters. The monoisotopic (exact) mass is 205 g/mol. The molecule has 0 spiro atoms. The van der Waals surface area contributed by atoms with Crippen molar-refractivity contribution in [1.29, 1.82) is 0 Å². The van der Waals surface area contributed by atoms with Gasteiger partial charge >= 0.3 is 0 Å². The average Bonchev–Trinajstić information content (AvgIpc) is 2.27. The number of ketones is 1. The molecule has 1 aromatic heterocycles. The molecule has 0 aromatic carbocycles. The molecule has 0 aliphatic heterocycles. The number of carbonyl (C=O) groups excluding carboxylic acids is 1. The molecule has 0 fully saturated rings. The van der Waals surface area contributed by atoms with E-state index >= 15 is 0 Å². The summed E-state index contributed by atoms with van der Waals surface area (Å²) in [5, 5.41) is 0. The fourth-order valence-corrected chi connectivity index (χ4v) is 1.70. The van der Waals surface area contributed by atoms with Gasteiger partial charge in [-0.05, 0) is 17.5 Å². The maximum absolute atomic E-state index is 11.7. The lowest BCUT2D eigenvalue weighted by molar-refractivity contribution is -0.119. The first-order valence-corrected chi connectivity index (χ1v) is 5.66. The minimum absolute atomic E-state index is 0.330. The maximum Gasteiger partial charge on any atom is 0.137 e. The van der Waals surface area contributed by atoms with E-state index in [1.165, 1.54) is 0 Å². The van der Waals surface area contributed by atoms with Gasteiger partial charge in [-0.15, -0.1) is 0 Å². The highest BCUT2D eigenvalue weighted by molar-refractivity contribution is 5.80. The van der Waals surface area contributed by atoms with E-state index in [-0.39, 0.29) is 0 Å². The van der Waals surface area contributed by atoms with Crippen LogP contribution in [0.15, 0.2) is 24.5 Å². The van der Waals surface area contributed by atoms with E-state index in [1.807, 2.05) is 12.1 Å². The molecule has 2 heteroatoms.